The summed E-state index contributed by atoms with van der Waals surface area (Å²) in [5.41, 5.74) is 1.78. The van der Waals surface area contributed by atoms with Crippen LogP contribution in [-0.2, 0) is 6.54 Å². The SMILES string of the molecule is Cc1nc(NC(=O)c2ccc3c(c2)C(=O)N(c2ccc(F)cc2)C3=O)sc1CN1CCC(C)CC1. The van der Waals surface area contributed by atoms with Crippen LogP contribution < -0.4 is 10.2 Å². The molecule has 2 aromatic carbocycles. The molecule has 1 aromatic heterocycles. The number of nitrogens with zero attached hydrogens (tertiary/aromatic N) is 3. The Bertz CT molecular complexity index is 1310. The number of aryl methyl sites for hydroxylation is 1. The fourth-order valence-electron chi connectivity index (χ4n) is 4.43. The van der Waals surface area contributed by atoms with E-state index in [2.05, 4.69) is 22.1 Å². The highest BCUT2D eigenvalue weighted by atomic mass is 32.1. The third-order valence-electron chi connectivity index (χ3n) is 6.59. The van der Waals surface area contributed by atoms with Crippen LogP contribution in [0.3, 0.4) is 0 Å². The molecule has 9 heteroatoms. The molecular weight excluding hydrogens is 467 g/mol. The predicted molar refractivity (Wildman–Crippen MR) is 132 cm³/mol. The number of aromatic nitrogens is 1. The molecule has 2 aliphatic rings. The maximum atomic E-state index is 13.3. The molecule has 1 fully saturated rings. The third-order valence-corrected chi connectivity index (χ3v) is 7.65. The second-order valence-electron chi connectivity index (χ2n) is 9.12. The van der Waals surface area contributed by atoms with E-state index in [9.17, 15) is 18.8 Å². The van der Waals surface area contributed by atoms with Gasteiger partial charge in [0.25, 0.3) is 17.7 Å². The Hall–Kier alpha value is -3.43. The molecule has 7 nitrogen and oxygen atoms in total. The van der Waals surface area contributed by atoms with Crippen molar-refractivity contribution in [2.75, 3.05) is 23.3 Å². The van der Waals surface area contributed by atoms with Crippen LogP contribution in [0.15, 0.2) is 42.5 Å². The minimum Gasteiger partial charge on any atom is -0.298 e. The molecule has 1 N–H and O–H groups in total. The summed E-state index contributed by atoms with van der Waals surface area (Å²) in [6.45, 7) is 7.18. The van der Waals surface area contributed by atoms with E-state index < -0.39 is 23.5 Å². The quantitative estimate of drug-likeness (QED) is 0.514. The molecule has 0 radical (unpaired) electrons. The number of piperidine rings is 1. The summed E-state index contributed by atoms with van der Waals surface area (Å²) in [7, 11) is 0. The number of anilines is 2. The van der Waals surface area contributed by atoms with Gasteiger partial charge in [0.2, 0.25) is 0 Å². The van der Waals surface area contributed by atoms with Crippen molar-refractivity contribution < 1.29 is 18.8 Å². The van der Waals surface area contributed by atoms with Crippen LogP contribution in [0.4, 0.5) is 15.2 Å². The minimum atomic E-state index is -0.547. The van der Waals surface area contributed by atoms with Crippen molar-refractivity contribution in [2.45, 2.75) is 33.2 Å². The van der Waals surface area contributed by atoms with Gasteiger partial charge in [-0.25, -0.2) is 14.3 Å². The van der Waals surface area contributed by atoms with E-state index in [1.807, 2.05) is 6.92 Å². The van der Waals surface area contributed by atoms with Gasteiger partial charge in [0, 0.05) is 17.0 Å². The summed E-state index contributed by atoms with van der Waals surface area (Å²) in [4.78, 5) is 47.7. The van der Waals surface area contributed by atoms with Gasteiger partial charge in [-0.3, -0.25) is 24.6 Å². The molecule has 0 aliphatic carbocycles. The number of carbonyl (C=O) groups excluding carboxylic acids is 3. The molecule has 3 amide bonds. The number of carbonyl (C=O) groups is 3. The number of hydrogen-bond acceptors (Lipinski definition) is 6. The molecule has 3 aromatic rings. The average molecular weight is 493 g/mol. The summed E-state index contributed by atoms with van der Waals surface area (Å²) < 4.78 is 13.3. The monoisotopic (exact) mass is 492 g/mol. The summed E-state index contributed by atoms with van der Waals surface area (Å²) in [6.07, 6.45) is 2.39. The Morgan fingerprint density at radius 1 is 1.09 bits per heavy atom. The lowest BCUT2D eigenvalue weighted by molar-refractivity contribution is 0.0925. The number of hydrogen-bond donors (Lipinski definition) is 1. The molecular formula is C26H25FN4O3S. The second kappa shape index (κ2) is 9.31. The molecule has 0 unspecified atom stereocenters. The van der Waals surface area contributed by atoms with Crippen LogP contribution in [0.25, 0.3) is 0 Å². The van der Waals surface area contributed by atoms with E-state index in [1.165, 1.54) is 66.6 Å². The predicted octanol–water partition coefficient (Wildman–Crippen LogP) is 4.88. The number of likely N-dealkylation sites (tertiary alicyclic amines) is 1. The lowest BCUT2D eigenvalue weighted by atomic mass is 9.99. The molecule has 2 aliphatic heterocycles. The van der Waals surface area contributed by atoms with Gasteiger partial charge in [-0.1, -0.05) is 6.92 Å². The average Bonchev–Trinajstić information content (AvgIpc) is 3.31. The van der Waals surface area contributed by atoms with Crippen molar-refractivity contribution in [3.8, 4) is 0 Å². The molecule has 0 saturated carbocycles. The highest BCUT2D eigenvalue weighted by Crippen LogP contribution is 2.30. The molecule has 0 spiro atoms. The van der Waals surface area contributed by atoms with Crippen molar-refractivity contribution in [1.82, 2.24) is 9.88 Å². The van der Waals surface area contributed by atoms with Crippen LogP contribution in [0, 0.1) is 18.7 Å². The van der Waals surface area contributed by atoms with E-state index in [0.717, 1.165) is 41.0 Å². The van der Waals surface area contributed by atoms with Gasteiger partial charge in [0.1, 0.15) is 5.82 Å². The Balaban J connectivity index is 1.30. The highest BCUT2D eigenvalue weighted by molar-refractivity contribution is 7.15. The summed E-state index contributed by atoms with van der Waals surface area (Å²) in [6, 6.07) is 9.54. The van der Waals surface area contributed by atoms with Gasteiger partial charge >= 0.3 is 0 Å². The fraction of sp³-hybridized carbons (Fsp3) is 0.308. The number of nitrogens with one attached hydrogen (secondary N) is 1. The number of amides is 3. The zero-order valence-corrected chi connectivity index (χ0v) is 20.3. The van der Waals surface area contributed by atoms with E-state index in [0.29, 0.717) is 5.13 Å². The number of halogens is 1. The van der Waals surface area contributed by atoms with Gasteiger partial charge in [-0.05, 0) is 81.2 Å². The zero-order valence-electron chi connectivity index (χ0n) is 19.5. The van der Waals surface area contributed by atoms with Gasteiger partial charge in [0.15, 0.2) is 5.13 Å². The first-order valence-electron chi connectivity index (χ1n) is 11.6. The van der Waals surface area contributed by atoms with Crippen LogP contribution in [-0.4, -0.2) is 40.7 Å². The van der Waals surface area contributed by atoms with E-state index in [4.69, 9.17) is 0 Å². The lowest BCUT2D eigenvalue weighted by Crippen LogP contribution is -2.32. The first-order chi connectivity index (χ1) is 16.8. The molecule has 5 rings (SSSR count). The normalized spacial score (nSPS) is 16.6. The number of rotatable bonds is 5. The van der Waals surface area contributed by atoms with Crippen molar-refractivity contribution in [1.29, 1.82) is 0 Å². The largest absolute Gasteiger partial charge is 0.298 e. The fourth-order valence-corrected chi connectivity index (χ4v) is 5.43. The topological polar surface area (TPSA) is 82.6 Å². The van der Waals surface area contributed by atoms with Crippen LogP contribution in [0.1, 0.15) is 61.4 Å². The highest BCUT2D eigenvalue weighted by Gasteiger charge is 2.37. The molecule has 3 heterocycles. The van der Waals surface area contributed by atoms with Crippen LogP contribution in [0.2, 0.25) is 0 Å². The molecule has 35 heavy (non-hydrogen) atoms. The third kappa shape index (κ3) is 4.61. The first kappa shape index (κ1) is 23.3. The maximum Gasteiger partial charge on any atom is 0.266 e. The van der Waals surface area contributed by atoms with Gasteiger partial charge in [-0.2, -0.15) is 0 Å². The van der Waals surface area contributed by atoms with Crippen LogP contribution >= 0.6 is 11.3 Å². The van der Waals surface area contributed by atoms with Crippen molar-refractivity contribution in [3.63, 3.8) is 0 Å². The summed E-state index contributed by atoms with van der Waals surface area (Å²) in [5.74, 6) is -1.15. The Labute approximate surface area is 206 Å². The van der Waals surface area contributed by atoms with Crippen molar-refractivity contribution in [3.05, 3.63) is 75.5 Å². The van der Waals surface area contributed by atoms with Crippen molar-refractivity contribution in [2.24, 2.45) is 5.92 Å². The van der Waals surface area contributed by atoms with E-state index >= 15 is 0 Å². The van der Waals surface area contributed by atoms with Gasteiger partial charge in [-0.15, -0.1) is 11.3 Å². The van der Waals surface area contributed by atoms with Gasteiger partial charge < -0.3 is 0 Å². The maximum absolute atomic E-state index is 13.3. The van der Waals surface area contributed by atoms with Crippen molar-refractivity contribution >= 4 is 39.9 Å². The number of benzene rings is 2. The van der Waals surface area contributed by atoms with Crippen LogP contribution in [0.5, 0.6) is 0 Å². The first-order valence-corrected chi connectivity index (χ1v) is 12.4. The minimum absolute atomic E-state index is 0.141. The number of imide groups is 1. The summed E-state index contributed by atoms with van der Waals surface area (Å²) >= 11 is 1.46. The zero-order chi connectivity index (χ0) is 24.7. The summed E-state index contributed by atoms with van der Waals surface area (Å²) in [5, 5.41) is 3.33. The molecule has 0 atom stereocenters. The number of fused-ring (bicyclic) bond motifs is 1. The van der Waals surface area contributed by atoms with E-state index in [-0.39, 0.29) is 22.4 Å². The Morgan fingerprint density at radius 3 is 2.49 bits per heavy atom. The Morgan fingerprint density at radius 2 is 1.77 bits per heavy atom. The number of thiazole rings is 1. The standard InChI is InChI=1S/C26H25FN4O3S/c1-15-9-11-30(12-10-15)14-22-16(2)28-26(35-22)29-23(32)17-3-8-20-21(13-17)25(34)31(24(20)33)19-6-4-18(27)5-7-19/h3-8,13,15H,9-12,14H2,1-2H3,(H,28,29,32). The second-order valence-corrected chi connectivity index (χ2v) is 10.2. The van der Waals surface area contributed by atoms with E-state index in [1.54, 1.807) is 0 Å². The molecule has 0 bridgehead atoms. The van der Waals surface area contributed by atoms with Gasteiger partial charge in [0.05, 0.1) is 22.5 Å². The lowest BCUT2D eigenvalue weighted by Gasteiger charge is -2.29. The smallest absolute Gasteiger partial charge is 0.266 e. The Kier molecular flexibility index (Phi) is 6.21. The molecule has 1 saturated heterocycles. The molecule has 180 valence electrons.